The molecule has 0 atom stereocenters. The van der Waals surface area contributed by atoms with Crippen molar-refractivity contribution in [3.05, 3.63) is 0 Å². The summed E-state index contributed by atoms with van der Waals surface area (Å²) >= 11 is 0. The first kappa shape index (κ1) is 39.5. The second-order valence-corrected chi connectivity index (χ2v) is 20.8. The first-order valence-electron chi connectivity index (χ1n) is 7.30. The summed E-state index contributed by atoms with van der Waals surface area (Å²) in [4.78, 5) is 114. The predicted molar refractivity (Wildman–Crippen MR) is 86.9 cm³/mol. The molecule has 0 aromatic rings. The van der Waals surface area contributed by atoms with Crippen molar-refractivity contribution < 1.29 is 138 Å². The van der Waals surface area contributed by atoms with E-state index in [1.54, 1.807) is 0 Å². The molecular formula is O30P10-10. The Morgan fingerprint density at radius 3 is 0.300 bits per heavy atom. The third-order valence-corrected chi connectivity index (χ3v) is 18.0. The summed E-state index contributed by atoms with van der Waals surface area (Å²) in [5, 5.41) is 0. The molecule has 0 spiro atoms. The highest BCUT2D eigenvalue weighted by Crippen LogP contribution is 2.75. The molecule has 1 fully saturated rings. The minimum absolute atomic E-state index is 2.78. The maximum atomic E-state index is 11.4. The second-order valence-electron chi connectivity index (χ2n) is 5.29. The van der Waals surface area contributed by atoms with Crippen molar-refractivity contribution in [2.24, 2.45) is 0 Å². The van der Waals surface area contributed by atoms with E-state index in [2.05, 4.69) is 43.1 Å². The minimum Gasteiger partial charge on any atom is -0.756 e. The van der Waals surface area contributed by atoms with Crippen molar-refractivity contribution in [2.45, 2.75) is 0 Å². The molecule has 1 saturated heterocycles. The Hall–Kier alpha value is 1.50. The molecule has 1 aliphatic rings. The van der Waals surface area contributed by atoms with E-state index in [1.165, 1.54) is 0 Å². The van der Waals surface area contributed by atoms with Crippen LogP contribution >= 0.6 is 78.2 Å². The van der Waals surface area contributed by atoms with E-state index >= 15 is 0 Å². The van der Waals surface area contributed by atoms with Gasteiger partial charge in [0.1, 0.15) is 0 Å². The molecule has 30 nitrogen and oxygen atoms in total. The molecule has 0 aromatic heterocycles. The standard InChI is InChI=1S/H10O30P10/c1-31(2)21-32(3,4)23-34(7,8)25-36(11,12)27-38(15,16)29-40(19,20)30-39(17,18)28-37(13,14)26-35(9,10)24-33(5,6)22-31/h(H,1,2)(H,3,4)(H,5,6)(H,7,8)(H,9,10)(H,11,12)(H,13,14)(H,15,16)(H,17,18)(H,19,20)/p-10. The van der Waals surface area contributed by atoms with Crippen LogP contribution in [0.15, 0.2) is 0 Å². The summed E-state index contributed by atoms with van der Waals surface area (Å²) in [6.07, 6.45) is 0. The second kappa shape index (κ2) is 12.4. The monoisotopic (exact) mass is 790 g/mol. The molecular weight excluding hydrogens is 790 g/mol. The Kier molecular flexibility index (Phi) is 12.2. The van der Waals surface area contributed by atoms with Gasteiger partial charge in [0.25, 0.3) is 78.2 Å². The molecule has 0 aliphatic carbocycles. The van der Waals surface area contributed by atoms with Gasteiger partial charge in [-0.2, -0.15) is 0 Å². The Labute approximate surface area is 216 Å². The molecule has 0 unspecified atom stereocenters. The highest BCUT2D eigenvalue weighted by molar-refractivity contribution is 7.74. The first-order valence-corrected chi connectivity index (χ1v) is 21.9. The van der Waals surface area contributed by atoms with Crippen molar-refractivity contribution in [3.63, 3.8) is 0 Å². The molecule has 0 bridgehead atoms. The molecule has 1 aliphatic heterocycles. The molecule has 1 heterocycles. The fourth-order valence-electron chi connectivity index (χ4n) is 1.37. The lowest BCUT2D eigenvalue weighted by molar-refractivity contribution is -0.256. The van der Waals surface area contributed by atoms with Crippen LogP contribution in [-0.2, 0) is 88.8 Å². The number of rotatable bonds is 0. The number of phosphoric acid groups is 10. The van der Waals surface area contributed by atoms with Gasteiger partial charge in [0, 0.05) is 0 Å². The van der Waals surface area contributed by atoms with E-state index in [-0.39, 0.29) is 0 Å². The van der Waals surface area contributed by atoms with Crippen LogP contribution < -0.4 is 48.9 Å². The zero-order chi connectivity index (χ0) is 32.1. The van der Waals surface area contributed by atoms with Crippen LogP contribution in [0.25, 0.3) is 0 Å². The van der Waals surface area contributed by atoms with Crippen molar-refractivity contribution in [1.29, 1.82) is 0 Å². The van der Waals surface area contributed by atoms with Crippen LogP contribution in [0.5, 0.6) is 0 Å². The number of hydrogen-bond acceptors (Lipinski definition) is 30. The van der Waals surface area contributed by atoms with Gasteiger partial charge >= 0.3 is 0 Å². The van der Waals surface area contributed by atoms with E-state index in [9.17, 15) is 94.6 Å². The average Bonchev–Trinajstić information content (AvgIpc) is 2.38. The SMILES string of the molecule is O=P1([O-])OP(=O)([O-])OP(=O)([O-])OP(=O)([O-])OP(=O)([O-])OP(=O)([O-])OP(=O)([O-])OP(=O)([O-])OP(=O)([O-])OP(=O)([O-])O1. The van der Waals surface area contributed by atoms with E-state index in [0.717, 1.165) is 0 Å². The Morgan fingerprint density at radius 2 is 0.250 bits per heavy atom. The van der Waals surface area contributed by atoms with Gasteiger partial charge < -0.3 is 48.9 Å². The normalized spacial score (nSPS) is 55.2. The maximum Gasteiger partial charge on any atom is 0.280 e. The highest BCUT2D eigenvalue weighted by atomic mass is 31.3. The van der Waals surface area contributed by atoms with Crippen LogP contribution in [-0.4, -0.2) is 0 Å². The Balaban J connectivity index is 3.61. The Morgan fingerprint density at radius 1 is 0.200 bits per heavy atom. The molecule has 40 heteroatoms. The first-order chi connectivity index (χ1) is 17.1. The smallest absolute Gasteiger partial charge is 0.280 e. The van der Waals surface area contributed by atoms with Gasteiger partial charge in [-0.25, -0.2) is 43.1 Å². The molecule has 0 saturated carbocycles. The third kappa shape index (κ3) is 15.5. The van der Waals surface area contributed by atoms with E-state index < -0.39 is 78.2 Å². The van der Waals surface area contributed by atoms with Gasteiger partial charge in [0.2, 0.25) is 0 Å². The van der Waals surface area contributed by atoms with Crippen molar-refractivity contribution in [3.8, 4) is 0 Å². The van der Waals surface area contributed by atoms with Crippen LogP contribution in [0, 0.1) is 0 Å². The fraction of sp³-hybridized carbons (Fsp3) is 0. The molecule has 240 valence electrons. The zero-order valence-electron chi connectivity index (χ0n) is 16.7. The summed E-state index contributed by atoms with van der Waals surface area (Å²) in [6, 6.07) is 0. The molecule has 1 rings (SSSR count). The molecule has 0 aromatic carbocycles. The van der Waals surface area contributed by atoms with Gasteiger partial charge in [-0.15, -0.1) is 0 Å². The van der Waals surface area contributed by atoms with Crippen molar-refractivity contribution >= 4 is 78.2 Å². The predicted octanol–water partition coefficient (Wildman–Crippen LogP) is -5.15. The van der Waals surface area contributed by atoms with Crippen molar-refractivity contribution in [1.82, 2.24) is 0 Å². The molecule has 0 N–H and O–H groups in total. The maximum absolute atomic E-state index is 11.4. The van der Waals surface area contributed by atoms with Crippen LogP contribution in [0.1, 0.15) is 0 Å². The minimum atomic E-state index is -7.22. The van der Waals surface area contributed by atoms with Gasteiger partial charge in [-0.05, 0) is 0 Å². The van der Waals surface area contributed by atoms with Gasteiger partial charge in [0.15, 0.2) is 0 Å². The van der Waals surface area contributed by atoms with E-state index in [4.69, 9.17) is 0 Å². The summed E-state index contributed by atoms with van der Waals surface area (Å²) in [5.74, 6) is 0. The van der Waals surface area contributed by atoms with Crippen molar-refractivity contribution in [2.75, 3.05) is 0 Å². The van der Waals surface area contributed by atoms with E-state index in [0.29, 0.717) is 0 Å². The average molecular weight is 790 g/mol. The lowest BCUT2D eigenvalue weighted by Gasteiger charge is -2.41. The van der Waals surface area contributed by atoms with Crippen LogP contribution in [0.4, 0.5) is 0 Å². The van der Waals surface area contributed by atoms with Gasteiger partial charge in [0.05, 0.1) is 0 Å². The van der Waals surface area contributed by atoms with Gasteiger partial charge in [-0.3, -0.25) is 45.7 Å². The topological polar surface area (TPSA) is 494 Å². The zero-order valence-corrected chi connectivity index (χ0v) is 25.7. The molecule has 0 amide bonds. The van der Waals surface area contributed by atoms with Crippen LogP contribution in [0.2, 0.25) is 0 Å². The highest BCUT2D eigenvalue weighted by Gasteiger charge is 2.37. The summed E-state index contributed by atoms with van der Waals surface area (Å²) < 4.78 is 142. The summed E-state index contributed by atoms with van der Waals surface area (Å²) in [7, 11) is -72.2. The number of hydrogen-bond donors (Lipinski definition) is 0. The molecule has 0 radical (unpaired) electrons. The molecule has 40 heavy (non-hydrogen) atoms. The third-order valence-electron chi connectivity index (χ3n) is 2.00. The Bertz CT molecular complexity index is 1040. The van der Waals surface area contributed by atoms with Crippen LogP contribution in [0.3, 0.4) is 0 Å². The fourth-order valence-corrected chi connectivity index (χ4v) is 15.0. The quantitative estimate of drug-likeness (QED) is 0.207. The van der Waals surface area contributed by atoms with Gasteiger partial charge in [-0.1, -0.05) is 0 Å². The lowest BCUT2D eigenvalue weighted by atomic mass is 15.7. The largest absolute Gasteiger partial charge is 0.756 e. The summed E-state index contributed by atoms with van der Waals surface area (Å²) in [6.45, 7) is 0. The summed E-state index contributed by atoms with van der Waals surface area (Å²) in [5.41, 5.74) is 0. The lowest BCUT2D eigenvalue weighted by Crippen LogP contribution is -2.21. The van der Waals surface area contributed by atoms with E-state index in [1.807, 2.05) is 0 Å².